The fourth-order valence-electron chi connectivity index (χ4n) is 3.09. The van der Waals surface area contributed by atoms with Crippen molar-refractivity contribution in [1.82, 2.24) is 10.1 Å². The molecule has 0 atom stereocenters. The molecule has 1 aliphatic rings. The van der Waals surface area contributed by atoms with Gasteiger partial charge in [0.25, 0.3) is 5.91 Å². The molecule has 3 aromatic rings. The van der Waals surface area contributed by atoms with Crippen molar-refractivity contribution in [3.05, 3.63) is 77.9 Å². The van der Waals surface area contributed by atoms with E-state index in [1.54, 1.807) is 36.4 Å². The average Bonchev–Trinajstić information content (AvgIpc) is 2.99. The smallest absolute Gasteiger partial charge is 0.255 e. The molecule has 3 aromatic carbocycles. The number of nitrogens with one attached hydrogen (secondary N) is 2. The van der Waals surface area contributed by atoms with Gasteiger partial charge in [0.15, 0.2) is 0 Å². The first-order valence-corrected chi connectivity index (χ1v) is 9.94. The summed E-state index contributed by atoms with van der Waals surface area (Å²) in [6.07, 6.45) is 0. The van der Waals surface area contributed by atoms with Crippen molar-refractivity contribution in [1.29, 1.82) is 0 Å². The molecule has 0 fully saturated rings. The van der Waals surface area contributed by atoms with E-state index in [1.807, 2.05) is 18.2 Å². The molecule has 0 radical (unpaired) electrons. The van der Waals surface area contributed by atoms with E-state index in [4.69, 9.17) is 0 Å². The Morgan fingerprint density at radius 3 is 2.29 bits per heavy atom. The molecule has 1 amide bonds. The van der Waals surface area contributed by atoms with Crippen LogP contribution in [0.4, 0.5) is 0 Å². The van der Waals surface area contributed by atoms with Gasteiger partial charge in [-0.1, -0.05) is 54.6 Å². The van der Waals surface area contributed by atoms with Crippen LogP contribution in [0.3, 0.4) is 0 Å². The molecule has 28 heavy (non-hydrogen) atoms. The molecule has 0 aromatic heterocycles. The monoisotopic (exact) mass is 393 g/mol. The maximum absolute atomic E-state index is 12.6. The summed E-state index contributed by atoms with van der Waals surface area (Å²) in [7, 11) is -3.81. The summed E-state index contributed by atoms with van der Waals surface area (Å²) in [5, 5.41) is 5.66. The molecule has 1 aliphatic carbocycles. The van der Waals surface area contributed by atoms with Crippen LogP contribution in [0.5, 0.6) is 0 Å². The minimum absolute atomic E-state index is 0.0576. The molecule has 4 rings (SSSR count). The first-order valence-electron chi connectivity index (χ1n) is 8.45. The van der Waals surface area contributed by atoms with Gasteiger partial charge in [-0.25, -0.2) is 18.6 Å². The molecular weight excluding hydrogens is 378 g/mol. The Kier molecular flexibility index (Phi) is 4.50. The van der Waals surface area contributed by atoms with Crippen LogP contribution < -0.4 is 10.1 Å². The highest BCUT2D eigenvalue weighted by Crippen LogP contribution is 2.30. The minimum Gasteiger partial charge on any atom is -0.287 e. The van der Waals surface area contributed by atoms with Gasteiger partial charge in [0, 0.05) is 16.5 Å². The molecule has 0 spiro atoms. The molecule has 0 saturated carbocycles. The average molecular weight is 393 g/mol. The second-order valence-electron chi connectivity index (χ2n) is 6.17. The number of nitrogens with zero attached hydrogens (tertiary/aromatic N) is 1. The Morgan fingerprint density at radius 2 is 1.57 bits per heavy atom. The number of carbonyl (C=O) groups is 2. The summed E-state index contributed by atoms with van der Waals surface area (Å²) in [5.41, 5.74) is 3.56. The Bertz CT molecular complexity index is 1230. The number of sulfonamides is 1. The quantitative estimate of drug-likeness (QED) is 0.645. The molecule has 0 saturated heterocycles. The number of amides is 1. The van der Waals surface area contributed by atoms with Gasteiger partial charge < -0.3 is 0 Å². The van der Waals surface area contributed by atoms with Gasteiger partial charge in [0.2, 0.25) is 15.8 Å². The molecule has 0 unspecified atom stereocenters. The summed E-state index contributed by atoms with van der Waals surface area (Å²) < 4.78 is 26.5. The largest absolute Gasteiger partial charge is 0.287 e. The third-order valence-electron chi connectivity index (χ3n) is 4.39. The Labute approximate surface area is 161 Å². The zero-order chi connectivity index (χ0) is 19.7. The Hall–Kier alpha value is -3.36. The lowest BCUT2D eigenvalue weighted by Crippen LogP contribution is -2.35. The van der Waals surface area contributed by atoms with Crippen molar-refractivity contribution < 1.29 is 18.0 Å². The predicted octanol–water partition coefficient (Wildman–Crippen LogP) is 1.83. The van der Waals surface area contributed by atoms with Crippen molar-refractivity contribution in [2.45, 2.75) is 4.90 Å². The van der Waals surface area contributed by atoms with Crippen molar-refractivity contribution >= 4 is 38.2 Å². The van der Waals surface area contributed by atoms with E-state index in [-0.39, 0.29) is 16.4 Å². The fourth-order valence-corrected chi connectivity index (χ4v) is 4.09. The number of ketones is 1. The first kappa shape index (κ1) is 18.0. The summed E-state index contributed by atoms with van der Waals surface area (Å²) in [5.74, 6) is -0.958. The third-order valence-corrected chi connectivity index (χ3v) is 5.81. The van der Waals surface area contributed by atoms with E-state index in [0.29, 0.717) is 11.1 Å². The normalized spacial score (nSPS) is 14.6. The first-order chi connectivity index (χ1) is 13.5. The van der Waals surface area contributed by atoms with Crippen LogP contribution >= 0.6 is 0 Å². The number of hydrogen-bond acceptors (Lipinski definition) is 5. The number of hydrogen-bond donors (Lipinski definition) is 2. The van der Waals surface area contributed by atoms with E-state index >= 15 is 0 Å². The van der Waals surface area contributed by atoms with E-state index in [0.717, 1.165) is 10.8 Å². The maximum atomic E-state index is 12.6. The Balaban J connectivity index is 1.49. The third kappa shape index (κ3) is 3.19. The van der Waals surface area contributed by atoms with Crippen LogP contribution in [-0.4, -0.2) is 32.4 Å². The van der Waals surface area contributed by atoms with Gasteiger partial charge in [-0.15, -0.1) is 0 Å². The number of rotatable bonds is 5. The lowest BCUT2D eigenvalue weighted by Gasteiger charge is -2.06. The molecule has 0 aliphatic heterocycles. The van der Waals surface area contributed by atoms with Crippen molar-refractivity contribution in [3.63, 3.8) is 0 Å². The summed E-state index contributed by atoms with van der Waals surface area (Å²) in [4.78, 5) is 24.7. The molecule has 8 heteroatoms. The zero-order valence-corrected chi connectivity index (χ0v) is 15.4. The maximum Gasteiger partial charge on any atom is 0.255 e. The molecule has 140 valence electrons. The van der Waals surface area contributed by atoms with Gasteiger partial charge in [-0.3, -0.25) is 9.59 Å². The number of benzene rings is 3. The molecule has 2 N–H and O–H groups in total. The van der Waals surface area contributed by atoms with E-state index < -0.39 is 22.5 Å². The van der Waals surface area contributed by atoms with Crippen molar-refractivity contribution in [3.8, 4) is 0 Å². The van der Waals surface area contributed by atoms with Gasteiger partial charge >= 0.3 is 0 Å². The standard InChI is InChI=1S/C20H15N3O4S/c24-17(12-21-28(26,27)14-8-2-1-3-9-14)22-23-19-15-10-4-6-13-7-5-11-16(18(13)15)20(19)25/h1-11,21H,12H2,(H,22,24)/b23-19-. The summed E-state index contributed by atoms with van der Waals surface area (Å²) >= 11 is 0. The molecular formula is C20H15N3O4S. The van der Waals surface area contributed by atoms with Gasteiger partial charge in [-0.2, -0.15) is 5.10 Å². The van der Waals surface area contributed by atoms with Crippen molar-refractivity contribution in [2.24, 2.45) is 5.10 Å². The van der Waals surface area contributed by atoms with E-state index in [2.05, 4.69) is 15.2 Å². The lowest BCUT2D eigenvalue weighted by atomic mass is 10.1. The highest BCUT2D eigenvalue weighted by atomic mass is 32.2. The number of hydrazone groups is 1. The minimum atomic E-state index is -3.81. The molecule has 0 bridgehead atoms. The van der Waals surface area contributed by atoms with Crippen LogP contribution in [0, 0.1) is 0 Å². The zero-order valence-electron chi connectivity index (χ0n) is 14.5. The summed E-state index contributed by atoms with van der Waals surface area (Å²) in [6.45, 7) is -0.501. The van der Waals surface area contributed by atoms with Crippen LogP contribution in [-0.2, 0) is 14.8 Å². The second kappa shape index (κ2) is 6.99. The SMILES string of the molecule is O=C(CNS(=O)(=O)c1ccccc1)N/N=C1\C(=O)c2cccc3cccc1c23. The lowest BCUT2D eigenvalue weighted by molar-refractivity contribution is -0.119. The van der Waals surface area contributed by atoms with E-state index in [9.17, 15) is 18.0 Å². The predicted molar refractivity (Wildman–Crippen MR) is 105 cm³/mol. The van der Waals surface area contributed by atoms with Crippen LogP contribution in [0.2, 0.25) is 0 Å². The van der Waals surface area contributed by atoms with Crippen LogP contribution in [0.1, 0.15) is 15.9 Å². The van der Waals surface area contributed by atoms with Crippen LogP contribution in [0.15, 0.2) is 76.7 Å². The van der Waals surface area contributed by atoms with Crippen molar-refractivity contribution in [2.75, 3.05) is 6.54 Å². The summed E-state index contributed by atoms with van der Waals surface area (Å²) in [6, 6.07) is 18.6. The van der Waals surface area contributed by atoms with Gasteiger partial charge in [0.05, 0.1) is 11.4 Å². The fraction of sp³-hybridized carbons (Fsp3) is 0.0500. The van der Waals surface area contributed by atoms with Gasteiger partial charge in [0.1, 0.15) is 5.71 Å². The highest BCUT2D eigenvalue weighted by Gasteiger charge is 2.29. The number of Topliss-reactive ketones (excluding diaryl/α,β-unsaturated/α-hetero) is 1. The second-order valence-corrected chi connectivity index (χ2v) is 7.94. The van der Waals surface area contributed by atoms with E-state index in [1.165, 1.54) is 12.1 Å². The molecule has 7 nitrogen and oxygen atoms in total. The molecule has 0 heterocycles. The Morgan fingerprint density at radius 1 is 0.893 bits per heavy atom. The topological polar surface area (TPSA) is 105 Å². The number of carbonyl (C=O) groups excluding carboxylic acids is 2. The van der Waals surface area contributed by atoms with Gasteiger partial charge in [-0.05, 0) is 17.5 Å². The van der Waals surface area contributed by atoms with Crippen LogP contribution in [0.25, 0.3) is 10.8 Å². The highest BCUT2D eigenvalue weighted by molar-refractivity contribution is 7.89.